The molecule has 0 bridgehead atoms. The average molecular weight is 290 g/mol. The third-order valence-electron chi connectivity index (χ3n) is 2.83. The van der Waals surface area contributed by atoms with Crippen LogP contribution in [0.5, 0.6) is 5.75 Å². The molecule has 0 heterocycles. The number of hydrogen-bond acceptors (Lipinski definition) is 3. The van der Waals surface area contributed by atoms with E-state index in [1.54, 1.807) is 6.07 Å². The fraction of sp³-hybridized carbons (Fsp3) is 0.188. The summed E-state index contributed by atoms with van der Waals surface area (Å²) in [4.78, 5) is 13.1. The number of carbonyl (C=O) groups is 1. The zero-order valence-corrected chi connectivity index (χ0v) is 12.2. The maximum absolute atomic E-state index is 13.5. The highest BCUT2D eigenvalue weighted by atomic mass is 32.2. The van der Waals surface area contributed by atoms with E-state index in [4.69, 9.17) is 4.74 Å². The van der Waals surface area contributed by atoms with Crippen molar-refractivity contribution in [2.45, 2.75) is 11.8 Å². The topological polar surface area (TPSA) is 26.3 Å². The molecule has 4 heteroatoms. The molecule has 0 aromatic heterocycles. The van der Waals surface area contributed by atoms with Gasteiger partial charge in [0, 0.05) is 10.5 Å². The average Bonchev–Trinajstić information content (AvgIpc) is 2.44. The Morgan fingerprint density at radius 2 is 2.05 bits per heavy atom. The van der Waals surface area contributed by atoms with Gasteiger partial charge in [-0.25, -0.2) is 4.39 Å². The van der Waals surface area contributed by atoms with E-state index in [-0.39, 0.29) is 17.3 Å². The van der Waals surface area contributed by atoms with Crippen LogP contribution < -0.4 is 4.74 Å². The monoisotopic (exact) mass is 290 g/mol. The summed E-state index contributed by atoms with van der Waals surface area (Å²) in [6, 6.07) is 12.2. The van der Waals surface area contributed by atoms with E-state index in [1.807, 2.05) is 31.2 Å². The number of methoxy groups -OCH3 is 1. The van der Waals surface area contributed by atoms with E-state index in [9.17, 15) is 9.18 Å². The lowest BCUT2D eigenvalue weighted by atomic mass is 10.1. The molecule has 0 saturated heterocycles. The van der Waals surface area contributed by atoms with Crippen LogP contribution >= 0.6 is 11.8 Å². The van der Waals surface area contributed by atoms with Gasteiger partial charge in [0.2, 0.25) is 0 Å². The van der Waals surface area contributed by atoms with Crippen molar-refractivity contribution < 1.29 is 13.9 Å². The van der Waals surface area contributed by atoms with Crippen molar-refractivity contribution in [3.8, 4) is 5.75 Å². The van der Waals surface area contributed by atoms with Crippen molar-refractivity contribution in [1.29, 1.82) is 0 Å². The number of ketones is 1. The standard InChI is InChI=1S/C16H15FO2S/c1-11-4-3-5-13(8-11)20-10-15(18)12-6-7-16(19-2)14(17)9-12/h3-9H,10H2,1-2H3. The Kier molecular flexibility index (Phi) is 4.79. The van der Waals surface area contributed by atoms with Gasteiger partial charge in [0.05, 0.1) is 12.9 Å². The second-order valence-corrected chi connectivity index (χ2v) is 5.43. The van der Waals surface area contributed by atoms with Crippen molar-refractivity contribution in [2.75, 3.05) is 12.9 Å². The fourth-order valence-corrected chi connectivity index (χ4v) is 2.69. The Labute approximate surface area is 122 Å². The summed E-state index contributed by atoms with van der Waals surface area (Å²) < 4.78 is 18.4. The summed E-state index contributed by atoms with van der Waals surface area (Å²) in [5, 5.41) is 0. The number of halogens is 1. The van der Waals surface area contributed by atoms with Crippen molar-refractivity contribution in [1.82, 2.24) is 0 Å². The van der Waals surface area contributed by atoms with Crippen LogP contribution in [0.1, 0.15) is 15.9 Å². The Morgan fingerprint density at radius 1 is 1.25 bits per heavy atom. The lowest BCUT2D eigenvalue weighted by molar-refractivity contribution is 0.102. The number of thioether (sulfide) groups is 1. The van der Waals surface area contributed by atoms with Crippen LogP contribution in [-0.2, 0) is 0 Å². The first-order valence-corrected chi connectivity index (χ1v) is 7.15. The first kappa shape index (κ1) is 14.6. The predicted molar refractivity (Wildman–Crippen MR) is 79.2 cm³/mol. The van der Waals surface area contributed by atoms with E-state index in [0.29, 0.717) is 5.56 Å². The van der Waals surface area contributed by atoms with Crippen molar-refractivity contribution in [2.24, 2.45) is 0 Å². The summed E-state index contributed by atoms with van der Waals surface area (Å²) in [6.45, 7) is 2.00. The van der Waals surface area contributed by atoms with Gasteiger partial charge in [-0.15, -0.1) is 11.8 Å². The molecule has 0 aliphatic heterocycles. The molecule has 0 amide bonds. The van der Waals surface area contributed by atoms with Crippen molar-refractivity contribution in [3.05, 3.63) is 59.4 Å². The quantitative estimate of drug-likeness (QED) is 0.612. The third kappa shape index (κ3) is 3.61. The number of carbonyl (C=O) groups excluding carboxylic acids is 1. The van der Waals surface area contributed by atoms with Gasteiger partial charge in [0.25, 0.3) is 0 Å². The molecule has 0 aliphatic rings. The molecular formula is C16H15FO2S. The molecule has 20 heavy (non-hydrogen) atoms. The molecule has 0 aliphatic carbocycles. The molecule has 0 spiro atoms. The molecule has 2 aromatic carbocycles. The van der Waals surface area contributed by atoms with E-state index in [1.165, 1.54) is 31.0 Å². The number of Topliss-reactive ketones (excluding diaryl/α,β-unsaturated/α-hetero) is 1. The van der Waals surface area contributed by atoms with Gasteiger partial charge in [-0.2, -0.15) is 0 Å². The second kappa shape index (κ2) is 6.57. The van der Waals surface area contributed by atoms with Crippen LogP contribution in [0.25, 0.3) is 0 Å². The van der Waals surface area contributed by atoms with Gasteiger partial charge in [-0.05, 0) is 37.3 Å². The zero-order chi connectivity index (χ0) is 14.5. The second-order valence-electron chi connectivity index (χ2n) is 4.38. The molecule has 0 saturated carbocycles. The Morgan fingerprint density at radius 3 is 2.70 bits per heavy atom. The molecule has 0 N–H and O–H groups in total. The highest BCUT2D eigenvalue weighted by Gasteiger charge is 2.10. The van der Waals surface area contributed by atoms with Crippen molar-refractivity contribution >= 4 is 17.5 Å². The number of aryl methyl sites for hydroxylation is 1. The molecule has 2 aromatic rings. The molecule has 2 rings (SSSR count). The van der Waals surface area contributed by atoms with Crippen LogP contribution in [0.4, 0.5) is 4.39 Å². The van der Waals surface area contributed by atoms with E-state index in [2.05, 4.69) is 0 Å². The number of hydrogen-bond donors (Lipinski definition) is 0. The molecule has 0 atom stereocenters. The van der Waals surface area contributed by atoms with Crippen LogP contribution in [0.15, 0.2) is 47.4 Å². The van der Waals surface area contributed by atoms with Gasteiger partial charge in [0.15, 0.2) is 17.3 Å². The first-order valence-electron chi connectivity index (χ1n) is 6.16. The lowest BCUT2D eigenvalue weighted by Gasteiger charge is -2.05. The fourth-order valence-electron chi connectivity index (χ4n) is 1.78. The predicted octanol–water partition coefficient (Wildman–Crippen LogP) is 4.12. The Bertz CT molecular complexity index is 626. The smallest absolute Gasteiger partial charge is 0.173 e. The molecule has 0 unspecified atom stereocenters. The van der Waals surface area contributed by atoms with Gasteiger partial charge in [0.1, 0.15) is 0 Å². The van der Waals surface area contributed by atoms with Crippen molar-refractivity contribution in [3.63, 3.8) is 0 Å². The minimum atomic E-state index is -0.515. The minimum Gasteiger partial charge on any atom is -0.494 e. The summed E-state index contributed by atoms with van der Waals surface area (Å²) in [6.07, 6.45) is 0. The summed E-state index contributed by atoms with van der Waals surface area (Å²) in [7, 11) is 1.40. The molecule has 2 nitrogen and oxygen atoms in total. The van der Waals surface area contributed by atoms with Crippen LogP contribution in [0.3, 0.4) is 0 Å². The third-order valence-corrected chi connectivity index (χ3v) is 3.83. The molecule has 0 radical (unpaired) electrons. The van der Waals surface area contributed by atoms with Crippen LogP contribution in [0.2, 0.25) is 0 Å². The largest absolute Gasteiger partial charge is 0.494 e. The first-order chi connectivity index (χ1) is 9.60. The van der Waals surface area contributed by atoms with E-state index in [0.717, 1.165) is 10.5 Å². The van der Waals surface area contributed by atoms with Crippen LogP contribution in [-0.4, -0.2) is 18.6 Å². The minimum absolute atomic E-state index is 0.0990. The van der Waals surface area contributed by atoms with Gasteiger partial charge < -0.3 is 4.74 Å². The summed E-state index contributed by atoms with van der Waals surface area (Å²) in [5.41, 5.74) is 1.52. The maximum atomic E-state index is 13.5. The van der Waals surface area contributed by atoms with Gasteiger partial charge in [-0.1, -0.05) is 17.7 Å². The normalized spacial score (nSPS) is 10.3. The highest BCUT2D eigenvalue weighted by Crippen LogP contribution is 2.22. The Balaban J connectivity index is 2.03. The summed E-state index contributed by atoms with van der Waals surface area (Å²) in [5.74, 6) is -0.181. The molecular weight excluding hydrogens is 275 g/mol. The summed E-state index contributed by atoms with van der Waals surface area (Å²) >= 11 is 1.45. The SMILES string of the molecule is COc1ccc(C(=O)CSc2cccc(C)c2)cc1F. The molecule has 0 fully saturated rings. The number of ether oxygens (including phenoxy) is 1. The molecule has 104 valence electrons. The van der Waals surface area contributed by atoms with Crippen LogP contribution in [0, 0.1) is 12.7 Å². The van der Waals surface area contributed by atoms with E-state index < -0.39 is 5.82 Å². The lowest BCUT2D eigenvalue weighted by Crippen LogP contribution is -2.03. The highest BCUT2D eigenvalue weighted by molar-refractivity contribution is 8.00. The maximum Gasteiger partial charge on any atom is 0.173 e. The number of rotatable bonds is 5. The van der Waals surface area contributed by atoms with E-state index >= 15 is 0 Å². The Hall–Kier alpha value is -1.81. The van der Waals surface area contributed by atoms with Gasteiger partial charge in [-0.3, -0.25) is 4.79 Å². The number of benzene rings is 2. The zero-order valence-electron chi connectivity index (χ0n) is 11.4. The van der Waals surface area contributed by atoms with Gasteiger partial charge >= 0.3 is 0 Å².